The average Bonchev–Trinajstić information content (AvgIpc) is 2.62. The molecule has 26 heavy (non-hydrogen) atoms. The molecule has 0 aliphatic carbocycles. The van der Waals surface area contributed by atoms with Crippen molar-refractivity contribution in [2.24, 2.45) is 0 Å². The minimum absolute atomic E-state index is 0.0144. The van der Waals surface area contributed by atoms with E-state index in [-0.39, 0.29) is 17.0 Å². The van der Waals surface area contributed by atoms with Gasteiger partial charge < -0.3 is 21.3 Å². The van der Waals surface area contributed by atoms with Crippen molar-refractivity contribution in [1.82, 2.24) is 0 Å². The van der Waals surface area contributed by atoms with Gasteiger partial charge in [-0.15, -0.1) is 0 Å². The molecule has 0 spiro atoms. The van der Waals surface area contributed by atoms with E-state index in [2.05, 4.69) is 0 Å². The maximum absolute atomic E-state index is 12.4. The van der Waals surface area contributed by atoms with E-state index in [4.69, 9.17) is 16.2 Å². The summed E-state index contributed by atoms with van der Waals surface area (Å²) in [5.74, 6) is -1.43. The van der Waals surface area contributed by atoms with Crippen LogP contribution in [0.4, 0.5) is 11.4 Å². The average molecular weight is 348 g/mol. The lowest BCUT2D eigenvalue weighted by Crippen LogP contribution is -2.10. The molecule has 0 radical (unpaired) electrons. The van der Waals surface area contributed by atoms with Gasteiger partial charge in [0.15, 0.2) is 0 Å². The van der Waals surface area contributed by atoms with Gasteiger partial charge in [-0.1, -0.05) is 36.4 Å². The Bertz CT molecular complexity index is 999. The standard InChI is InChI=1S/C20H16N2O4/c21-13-6-3-5-12(11-13)20(25)26-17-10-2-1-7-14(17)15-8-4-9-16(18(15)22)19(23)24/h1-11H,21-22H2,(H,23,24). The number of nitrogens with two attached hydrogens (primary N) is 2. The summed E-state index contributed by atoms with van der Waals surface area (Å²) in [6.07, 6.45) is 0. The van der Waals surface area contributed by atoms with Crippen LogP contribution in [0.25, 0.3) is 11.1 Å². The van der Waals surface area contributed by atoms with Crippen molar-refractivity contribution in [1.29, 1.82) is 0 Å². The van der Waals surface area contributed by atoms with E-state index in [0.717, 1.165) is 0 Å². The van der Waals surface area contributed by atoms with Crippen molar-refractivity contribution < 1.29 is 19.4 Å². The van der Waals surface area contributed by atoms with E-state index in [1.54, 1.807) is 54.6 Å². The fourth-order valence-corrected chi connectivity index (χ4v) is 2.59. The number of carboxylic acid groups (broad SMARTS) is 1. The van der Waals surface area contributed by atoms with Gasteiger partial charge in [-0.05, 0) is 30.3 Å². The number of benzene rings is 3. The molecule has 3 rings (SSSR count). The smallest absolute Gasteiger partial charge is 0.343 e. The van der Waals surface area contributed by atoms with Crippen LogP contribution in [0.3, 0.4) is 0 Å². The SMILES string of the molecule is Nc1cccc(C(=O)Oc2ccccc2-c2cccc(C(=O)O)c2N)c1. The summed E-state index contributed by atoms with van der Waals surface area (Å²) in [5, 5.41) is 9.25. The van der Waals surface area contributed by atoms with Crippen molar-refractivity contribution in [2.75, 3.05) is 11.5 Å². The molecule has 0 saturated heterocycles. The largest absolute Gasteiger partial charge is 0.478 e. The van der Waals surface area contributed by atoms with Crippen molar-refractivity contribution in [3.63, 3.8) is 0 Å². The molecule has 3 aromatic carbocycles. The molecule has 5 N–H and O–H groups in total. The van der Waals surface area contributed by atoms with E-state index >= 15 is 0 Å². The van der Waals surface area contributed by atoms with E-state index in [9.17, 15) is 14.7 Å². The molecule has 0 saturated carbocycles. The molecule has 0 heterocycles. The maximum Gasteiger partial charge on any atom is 0.343 e. The Morgan fingerprint density at radius 1 is 0.846 bits per heavy atom. The van der Waals surface area contributed by atoms with Crippen LogP contribution in [-0.2, 0) is 0 Å². The van der Waals surface area contributed by atoms with Crippen molar-refractivity contribution in [3.05, 3.63) is 77.9 Å². The number of hydrogen-bond donors (Lipinski definition) is 3. The number of carboxylic acids is 1. The zero-order valence-electron chi connectivity index (χ0n) is 13.7. The summed E-state index contributed by atoms with van der Waals surface area (Å²) in [5.41, 5.74) is 13.5. The summed E-state index contributed by atoms with van der Waals surface area (Å²) < 4.78 is 5.50. The molecule has 0 aromatic heterocycles. The monoisotopic (exact) mass is 348 g/mol. The predicted octanol–water partition coefficient (Wildman–Crippen LogP) is 3.44. The molecular formula is C20H16N2O4. The Morgan fingerprint density at radius 2 is 1.54 bits per heavy atom. The van der Waals surface area contributed by atoms with Crippen molar-refractivity contribution in [2.45, 2.75) is 0 Å². The zero-order valence-corrected chi connectivity index (χ0v) is 13.7. The number of aromatic carboxylic acids is 1. The third-order valence-electron chi connectivity index (χ3n) is 3.84. The Hall–Kier alpha value is -3.80. The van der Waals surface area contributed by atoms with Gasteiger partial charge in [0.25, 0.3) is 0 Å². The van der Waals surface area contributed by atoms with E-state index < -0.39 is 11.9 Å². The second kappa shape index (κ2) is 6.98. The fourth-order valence-electron chi connectivity index (χ4n) is 2.59. The number of hydrogen-bond acceptors (Lipinski definition) is 5. The van der Waals surface area contributed by atoms with Crippen molar-refractivity contribution >= 4 is 23.3 Å². The molecule has 0 bridgehead atoms. The molecule has 6 nitrogen and oxygen atoms in total. The maximum atomic E-state index is 12.4. The van der Waals surface area contributed by atoms with Gasteiger partial charge in [0, 0.05) is 16.8 Å². The van der Waals surface area contributed by atoms with Crippen LogP contribution in [0.15, 0.2) is 66.7 Å². The molecule has 0 amide bonds. The van der Waals surface area contributed by atoms with Gasteiger partial charge in [-0.2, -0.15) is 0 Å². The number of para-hydroxylation sites is 2. The van der Waals surface area contributed by atoms with Gasteiger partial charge in [-0.25, -0.2) is 9.59 Å². The molecule has 0 atom stereocenters. The van der Waals surface area contributed by atoms with Crippen LogP contribution >= 0.6 is 0 Å². The summed E-state index contributed by atoms with van der Waals surface area (Å²) in [7, 11) is 0. The molecule has 0 aliphatic heterocycles. The number of nitrogen functional groups attached to an aromatic ring is 2. The number of rotatable bonds is 4. The number of carbonyl (C=O) groups is 2. The molecule has 6 heteroatoms. The molecular weight excluding hydrogens is 332 g/mol. The lowest BCUT2D eigenvalue weighted by Gasteiger charge is -2.13. The first-order chi connectivity index (χ1) is 12.5. The highest BCUT2D eigenvalue weighted by Gasteiger charge is 2.17. The Balaban J connectivity index is 2.01. The second-order valence-electron chi connectivity index (χ2n) is 5.58. The quantitative estimate of drug-likeness (QED) is 0.378. The van der Waals surface area contributed by atoms with E-state index in [1.807, 2.05) is 0 Å². The molecule has 3 aromatic rings. The third-order valence-corrected chi connectivity index (χ3v) is 3.84. The summed E-state index contributed by atoms with van der Waals surface area (Å²) in [4.78, 5) is 23.7. The topological polar surface area (TPSA) is 116 Å². The van der Waals surface area contributed by atoms with Crippen LogP contribution in [0.2, 0.25) is 0 Å². The van der Waals surface area contributed by atoms with Crippen molar-refractivity contribution in [3.8, 4) is 16.9 Å². The molecule has 0 unspecified atom stereocenters. The number of carbonyl (C=O) groups excluding carboxylic acids is 1. The van der Waals surface area contributed by atoms with Gasteiger partial charge in [-0.3, -0.25) is 0 Å². The minimum Gasteiger partial charge on any atom is -0.478 e. The van der Waals surface area contributed by atoms with Gasteiger partial charge in [0.05, 0.1) is 16.8 Å². The summed E-state index contributed by atoms with van der Waals surface area (Å²) in [6, 6.07) is 17.9. The van der Waals surface area contributed by atoms with Crippen LogP contribution in [0, 0.1) is 0 Å². The van der Waals surface area contributed by atoms with Crippen LogP contribution in [-0.4, -0.2) is 17.0 Å². The Kier molecular flexibility index (Phi) is 4.57. The first kappa shape index (κ1) is 17.0. The highest BCUT2D eigenvalue weighted by atomic mass is 16.5. The highest BCUT2D eigenvalue weighted by Crippen LogP contribution is 2.35. The highest BCUT2D eigenvalue weighted by molar-refractivity contribution is 5.99. The van der Waals surface area contributed by atoms with Crippen LogP contribution < -0.4 is 16.2 Å². The first-order valence-electron chi connectivity index (χ1n) is 7.76. The first-order valence-corrected chi connectivity index (χ1v) is 7.76. The normalized spacial score (nSPS) is 10.3. The zero-order chi connectivity index (χ0) is 18.7. The Morgan fingerprint density at radius 3 is 2.27 bits per heavy atom. The van der Waals surface area contributed by atoms with E-state index in [1.165, 1.54) is 12.1 Å². The predicted molar refractivity (Wildman–Crippen MR) is 99.1 cm³/mol. The van der Waals surface area contributed by atoms with Crippen LogP contribution in [0.5, 0.6) is 5.75 Å². The van der Waals surface area contributed by atoms with Gasteiger partial charge in [0.2, 0.25) is 0 Å². The van der Waals surface area contributed by atoms with Gasteiger partial charge >= 0.3 is 11.9 Å². The molecule has 0 fully saturated rings. The summed E-state index contributed by atoms with van der Waals surface area (Å²) >= 11 is 0. The lowest BCUT2D eigenvalue weighted by molar-refractivity contribution is 0.0695. The molecule has 0 aliphatic rings. The van der Waals surface area contributed by atoms with Gasteiger partial charge in [0.1, 0.15) is 5.75 Å². The van der Waals surface area contributed by atoms with Crippen LogP contribution in [0.1, 0.15) is 20.7 Å². The minimum atomic E-state index is -1.13. The number of anilines is 2. The number of esters is 1. The second-order valence-corrected chi connectivity index (χ2v) is 5.58. The Labute approximate surface area is 149 Å². The third kappa shape index (κ3) is 3.34. The molecule has 130 valence electrons. The summed E-state index contributed by atoms with van der Waals surface area (Å²) in [6.45, 7) is 0. The number of ether oxygens (including phenoxy) is 1. The fraction of sp³-hybridized carbons (Fsp3) is 0. The lowest BCUT2D eigenvalue weighted by atomic mass is 9.99. The van der Waals surface area contributed by atoms with E-state index in [0.29, 0.717) is 22.4 Å².